The van der Waals surface area contributed by atoms with Crippen LogP contribution in [0.2, 0.25) is 0 Å². The number of hydrogen-bond donors (Lipinski definition) is 1. The molecule has 1 heterocycles. The molecular formula is C18H17NO2. The zero-order valence-corrected chi connectivity index (χ0v) is 12.1. The summed E-state index contributed by atoms with van der Waals surface area (Å²) in [7, 11) is 0. The lowest BCUT2D eigenvalue weighted by atomic mass is 10.0. The monoisotopic (exact) mass is 279 g/mol. The van der Waals surface area contributed by atoms with Crippen LogP contribution in [0.4, 0.5) is 0 Å². The Morgan fingerprint density at radius 1 is 0.952 bits per heavy atom. The molecule has 21 heavy (non-hydrogen) atoms. The van der Waals surface area contributed by atoms with E-state index in [1.807, 2.05) is 68.4 Å². The highest BCUT2D eigenvalue weighted by atomic mass is 16.4. The van der Waals surface area contributed by atoms with Crippen LogP contribution in [0.5, 0.6) is 0 Å². The molecule has 1 aromatic heterocycles. The summed E-state index contributed by atoms with van der Waals surface area (Å²) in [6, 6.07) is 17.5. The van der Waals surface area contributed by atoms with Crippen molar-refractivity contribution in [3.05, 3.63) is 77.2 Å². The molecule has 0 amide bonds. The van der Waals surface area contributed by atoms with Gasteiger partial charge in [-0.15, -0.1) is 0 Å². The van der Waals surface area contributed by atoms with Crippen LogP contribution in [0.15, 0.2) is 59.0 Å². The highest BCUT2D eigenvalue weighted by Crippen LogP contribution is 2.29. The van der Waals surface area contributed by atoms with E-state index in [4.69, 9.17) is 4.42 Å². The summed E-state index contributed by atoms with van der Waals surface area (Å²) in [6.07, 6.45) is -0.771. The van der Waals surface area contributed by atoms with Gasteiger partial charge in [0.05, 0.1) is 0 Å². The topological polar surface area (TPSA) is 46.3 Å². The number of nitrogens with zero attached hydrogens (tertiary/aromatic N) is 1. The fourth-order valence-electron chi connectivity index (χ4n) is 2.41. The van der Waals surface area contributed by atoms with Crippen LogP contribution >= 0.6 is 0 Å². The Bertz CT molecular complexity index is 747. The molecule has 0 aliphatic carbocycles. The van der Waals surface area contributed by atoms with Crippen molar-refractivity contribution >= 4 is 0 Å². The van der Waals surface area contributed by atoms with Crippen LogP contribution < -0.4 is 0 Å². The van der Waals surface area contributed by atoms with Crippen LogP contribution in [0.3, 0.4) is 0 Å². The van der Waals surface area contributed by atoms with Gasteiger partial charge in [0, 0.05) is 5.56 Å². The number of aliphatic hydroxyl groups excluding tert-OH is 1. The predicted molar refractivity (Wildman–Crippen MR) is 81.9 cm³/mol. The third-order valence-electron chi connectivity index (χ3n) is 3.60. The number of benzene rings is 2. The second-order valence-corrected chi connectivity index (χ2v) is 5.09. The Morgan fingerprint density at radius 3 is 2.33 bits per heavy atom. The maximum absolute atomic E-state index is 10.6. The Balaban J connectivity index is 2.00. The number of aliphatic hydroxyl groups is 1. The van der Waals surface area contributed by atoms with Crippen molar-refractivity contribution in [2.24, 2.45) is 0 Å². The smallest absolute Gasteiger partial charge is 0.226 e. The average molecular weight is 279 g/mol. The van der Waals surface area contributed by atoms with E-state index in [-0.39, 0.29) is 0 Å². The van der Waals surface area contributed by atoms with Crippen molar-refractivity contribution in [2.75, 3.05) is 0 Å². The predicted octanol–water partition coefficient (Wildman–Crippen LogP) is 4.04. The van der Waals surface area contributed by atoms with Gasteiger partial charge in [0.1, 0.15) is 17.6 Å². The standard InChI is InChI=1S/C18H17NO2/c1-12-8-6-7-11-15(12)17(20)16-13(2)21-18(19-16)14-9-4-3-5-10-14/h3-11,17,20H,1-2H3. The molecule has 1 unspecified atom stereocenters. The summed E-state index contributed by atoms with van der Waals surface area (Å²) in [4.78, 5) is 4.48. The average Bonchev–Trinajstić information content (AvgIpc) is 2.90. The van der Waals surface area contributed by atoms with Crippen LogP contribution in [-0.4, -0.2) is 10.1 Å². The minimum atomic E-state index is -0.771. The zero-order valence-electron chi connectivity index (χ0n) is 12.1. The third-order valence-corrected chi connectivity index (χ3v) is 3.60. The van der Waals surface area contributed by atoms with Crippen molar-refractivity contribution in [1.29, 1.82) is 0 Å². The molecule has 0 spiro atoms. The molecule has 3 rings (SSSR count). The Kier molecular flexibility index (Phi) is 3.59. The molecule has 2 aromatic carbocycles. The highest BCUT2D eigenvalue weighted by molar-refractivity contribution is 5.53. The van der Waals surface area contributed by atoms with Gasteiger partial charge < -0.3 is 9.52 Å². The Labute approximate surface area is 123 Å². The van der Waals surface area contributed by atoms with E-state index in [9.17, 15) is 5.11 Å². The molecule has 3 nitrogen and oxygen atoms in total. The fourth-order valence-corrected chi connectivity index (χ4v) is 2.41. The molecule has 106 valence electrons. The molecule has 3 heteroatoms. The van der Waals surface area contributed by atoms with Gasteiger partial charge in [0.15, 0.2) is 0 Å². The van der Waals surface area contributed by atoms with Gasteiger partial charge in [0.25, 0.3) is 0 Å². The summed E-state index contributed by atoms with van der Waals surface area (Å²) in [5.74, 6) is 1.18. The molecular weight excluding hydrogens is 262 g/mol. The summed E-state index contributed by atoms with van der Waals surface area (Å²) < 4.78 is 5.71. The Hall–Kier alpha value is -2.39. The first-order valence-electron chi connectivity index (χ1n) is 6.93. The first-order valence-corrected chi connectivity index (χ1v) is 6.93. The normalized spacial score (nSPS) is 12.3. The van der Waals surface area contributed by atoms with Gasteiger partial charge in [-0.25, -0.2) is 4.98 Å². The van der Waals surface area contributed by atoms with Crippen molar-refractivity contribution < 1.29 is 9.52 Å². The molecule has 0 bridgehead atoms. The second-order valence-electron chi connectivity index (χ2n) is 5.09. The first-order chi connectivity index (χ1) is 10.2. The summed E-state index contributed by atoms with van der Waals surface area (Å²) in [5.41, 5.74) is 3.37. The molecule has 0 aliphatic heterocycles. The van der Waals surface area contributed by atoms with Gasteiger partial charge in [0.2, 0.25) is 5.89 Å². The van der Waals surface area contributed by atoms with Crippen LogP contribution in [0.25, 0.3) is 11.5 Å². The van der Waals surface area contributed by atoms with Crippen molar-refractivity contribution in [3.8, 4) is 11.5 Å². The molecule has 3 aromatic rings. The van der Waals surface area contributed by atoms with E-state index in [1.54, 1.807) is 0 Å². The lowest BCUT2D eigenvalue weighted by Gasteiger charge is -2.11. The SMILES string of the molecule is Cc1ccccc1C(O)c1nc(-c2ccccc2)oc1C. The summed E-state index contributed by atoms with van der Waals surface area (Å²) >= 11 is 0. The van der Waals surface area contributed by atoms with E-state index in [2.05, 4.69) is 4.98 Å². The minimum Gasteiger partial charge on any atom is -0.441 e. The van der Waals surface area contributed by atoms with Gasteiger partial charge in [-0.05, 0) is 37.1 Å². The van der Waals surface area contributed by atoms with Gasteiger partial charge >= 0.3 is 0 Å². The van der Waals surface area contributed by atoms with Crippen molar-refractivity contribution in [3.63, 3.8) is 0 Å². The number of aromatic nitrogens is 1. The van der Waals surface area contributed by atoms with E-state index >= 15 is 0 Å². The minimum absolute atomic E-state index is 0.538. The van der Waals surface area contributed by atoms with E-state index in [1.165, 1.54) is 0 Å². The lowest BCUT2D eigenvalue weighted by molar-refractivity contribution is 0.213. The molecule has 0 fully saturated rings. The molecule has 1 atom stereocenters. The maximum Gasteiger partial charge on any atom is 0.226 e. The molecule has 0 aliphatic rings. The number of oxazole rings is 1. The number of hydrogen-bond acceptors (Lipinski definition) is 3. The largest absolute Gasteiger partial charge is 0.441 e. The van der Waals surface area contributed by atoms with Gasteiger partial charge in [-0.1, -0.05) is 42.5 Å². The van der Waals surface area contributed by atoms with Crippen molar-refractivity contribution in [1.82, 2.24) is 4.98 Å². The van der Waals surface area contributed by atoms with Gasteiger partial charge in [-0.3, -0.25) is 0 Å². The molecule has 0 radical (unpaired) electrons. The van der Waals surface area contributed by atoms with E-state index < -0.39 is 6.10 Å². The summed E-state index contributed by atoms with van der Waals surface area (Å²) in [6.45, 7) is 3.81. The Morgan fingerprint density at radius 2 is 1.62 bits per heavy atom. The second kappa shape index (κ2) is 5.54. The first kappa shape index (κ1) is 13.6. The number of rotatable bonds is 3. The molecule has 1 N–H and O–H groups in total. The van der Waals surface area contributed by atoms with Gasteiger partial charge in [-0.2, -0.15) is 0 Å². The highest BCUT2D eigenvalue weighted by Gasteiger charge is 2.21. The van der Waals surface area contributed by atoms with E-state index in [0.29, 0.717) is 17.3 Å². The lowest BCUT2D eigenvalue weighted by Crippen LogP contribution is -2.03. The molecule has 0 saturated carbocycles. The quantitative estimate of drug-likeness (QED) is 0.787. The zero-order chi connectivity index (χ0) is 14.8. The number of aryl methyl sites for hydroxylation is 2. The van der Waals surface area contributed by atoms with Crippen LogP contribution in [-0.2, 0) is 0 Å². The van der Waals surface area contributed by atoms with Crippen molar-refractivity contribution in [2.45, 2.75) is 20.0 Å². The molecule has 0 saturated heterocycles. The van der Waals surface area contributed by atoms with Crippen LogP contribution in [0.1, 0.15) is 28.7 Å². The third kappa shape index (κ3) is 2.60. The van der Waals surface area contributed by atoms with E-state index in [0.717, 1.165) is 16.7 Å². The van der Waals surface area contributed by atoms with Crippen LogP contribution in [0, 0.1) is 13.8 Å². The summed E-state index contributed by atoms with van der Waals surface area (Å²) in [5, 5.41) is 10.6. The maximum atomic E-state index is 10.6. The fraction of sp³-hybridized carbons (Fsp3) is 0.167.